The second-order valence-electron chi connectivity index (χ2n) is 5.47. The molecule has 1 aromatic carbocycles. The lowest BCUT2D eigenvalue weighted by Crippen LogP contribution is -2.34. The number of anilines is 1. The van der Waals surface area contributed by atoms with Gasteiger partial charge in [-0.25, -0.2) is 4.79 Å². The molecule has 0 radical (unpaired) electrons. The van der Waals surface area contributed by atoms with Crippen molar-refractivity contribution in [3.8, 4) is 11.8 Å². The summed E-state index contributed by atoms with van der Waals surface area (Å²) in [4.78, 5) is 24.9. The van der Waals surface area contributed by atoms with Gasteiger partial charge in [0.2, 0.25) is 0 Å². The van der Waals surface area contributed by atoms with Gasteiger partial charge in [-0.05, 0) is 43.8 Å². The molecule has 11 heteroatoms. The number of hydrogen-bond donors (Lipinski definition) is 2. The summed E-state index contributed by atoms with van der Waals surface area (Å²) in [6, 6.07) is 4.85. The largest absolute Gasteiger partial charge is 0.494 e. The number of hydrogen-bond acceptors (Lipinski definition) is 7. The zero-order valence-corrected chi connectivity index (χ0v) is 18.7. The molecular formula is C18H15Cl2N3O4S2. The Balaban J connectivity index is 2.24. The number of rotatable bonds is 5. The third kappa shape index (κ3) is 5.16. The number of nitriles is 1. The van der Waals surface area contributed by atoms with Crippen molar-refractivity contribution >= 4 is 68.7 Å². The molecule has 7 nitrogen and oxygen atoms in total. The summed E-state index contributed by atoms with van der Waals surface area (Å²) < 4.78 is 10.1. The Kier molecular flexibility index (Phi) is 7.81. The van der Waals surface area contributed by atoms with Crippen molar-refractivity contribution in [1.82, 2.24) is 5.32 Å². The lowest BCUT2D eigenvalue weighted by molar-refractivity contribution is 0.0531. The SMILES string of the molecule is CCOC(=O)c1sc(NC(=S)NC(=O)c2cc(Cl)cc(Cl)c2OC)c(C#N)c1C. The topological polar surface area (TPSA) is 100 Å². The molecule has 1 amide bonds. The van der Waals surface area contributed by atoms with Gasteiger partial charge in [0.05, 0.1) is 29.9 Å². The van der Waals surface area contributed by atoms with Crippen LogP contribution in [0.25, 0.3) is 0 Å². The summed E-state index contributed by atoms with van der Waals surface area (Å²) in [7, 11) is 1.37. The number of thiocarbonyl (C=S) groups is 1. The molecule has 0 saturated heterocycles. The molecule has 0 bridgehead atoms. The molecule has 1 aromatic heterocycles. The van der Waals surface area contributed by atoms with Gasteiger partial charge in [-0.2, -0.15) is 5.26 Å². The van der Waals surface area contributed by atoms with E-state index in [4.69, 9.17) is 44.9 Å². The average Bonchev–Trinajstić information content (AvgIpc) is 2.96. The van der Waals surface area contributed by atoms with Crippen LogP contribution >= 0.6 is 46.8 Å². The molecule has 2 N–H and O–H groups in total. The Morgan fingerprint density at radius 2 is 2.03 bits per heavy atom. The second kappa shape index (κ2) is 9.89. The predicted molar refractivity (Wildman–Crippen MR) is 116 cm³/mol. The van der Waals surface area contributed by atoms with Gasteiger partial charge in [0, 0.05) is 5.02 Å². The lowest BCUT2D eigenvalue weighted by atomic mass is 10.2. The van der Waals surface area contributed by atoms with Gasteiger partial charge >= 0.3 is 5.97 Å². The molecule has 0 saturated carbocycles. The molecule has 1 heterocycles. The first-order valence-electron chi connectivity index (χ1n) is 8.09. The number of thiophene rings is 1. The zero-order chi connectivity index (χ0) is 21.7. The highest BCUT2D eigenvalue weighted by atomic mass is 35.5. The number of carbonyl (C=O) groups excluding carboxylic acids is 2. The number of nitrogens with zero attached hydrogens (tertiary/aromatic N) is 1. The van der Waals surface area contributed by atoms with E-state index < -0.39 is 11.9 Å². The van der Waals surface area contributed by atoms with Crippen molar-refractivity contribution in [3.63, 3.8) is 0 Å². The van der Waals surface area contributed by atoms with E-state index in [-0.39, 0.29) is 43.5 Å². The van der Waals surface area contributed by atoms with Crippen molar-refractivity contribution in [2.45, 2.75) is 13.8 Å². The lowest BCUT2D eigenvalue weighted by Gasteiger charge is -2.12. The van der Waals surface area contributed by atoms with Crippen LogP contribution in [-0.2, 0) is 4.74 Å². The second-order valence-corrected chi connectivity index (χ2v) is 7.74. The fourth-order valence-corrected chi connectivity index (χ4v) is 4.25. The van der Waals surface area contributed by atoms with Gasteiger partial charge in [-0.3, -0.25) is 10.1 Å². The fraction of sp³-hybridized carbons (Fsp3) is 0.222. The van der Waals surface area contributed by atoms with E-state index in [2.05, 4.69) is 10.6 Å². The molecule has 0 spiro atoms. The summed E-state index contributed by atoms with van der Waals surface area (Å²) in [5.41, 5.74) is 0.790. The molecule has 0 atom stereocenters. The van der Waals surface area contributed by atoms with Gasteiger partial charge in [-0.1, -0.05) is 23.2 Å². The number of esters is 1. The maximum Gasteiger partial charge on any atom is 0.348 e. The highest BCUT2D eigenvalue weighted by molar-refractivity contribution is 7.80. The van der Waals surface area contributed by atoms with Crippen LogP contribution in [0.2, 0.25) is 10.0 Å². The van der Waals surface area contributed by atoms with Crippen molar-refractivity contribution < 1.29 is 19.1 Å². The standard InChI is InChI=1S/C18H15Cl2N3O4S2/c1-4-27-17(25)14-8(2)11(7-21)16(29-14)23-18(28)22-15(24)10-5-9(19)6-12(20)13(10)26-3/h5-6H,4H2,1-3H3,(H2,22,23,24,28). The van der Waals surface area contributed by atoms with Crippen LogP contribution in [0.1, 0.15) is 38.1 Å². The Labute approximate surface area is 186 Å². The number of carbonyl (C=O) groups is 2. The molecule has 0 unspecified atom stereocenters. The summed E-state index contributed by atoms with van der Waals surface area (Å²) in [5.74, 6) is -1.00. The molecule has 2 aromatic rings. The first-order chi connectivity index (χ1) is 13.7. The highest BCUT2D eigenvalue weighted by Crippen LogP contribution is 2.34. The van der Waals surface area contributed by atoms with Gasteiger partial charge in [-0.15, -0.1) is 11.3 Å². The van der Waals surface area contributed by atoms with Crippen molar-refractivity contribution in [3.05, 3.63) is 43.7 Å². The highest BCUT2D eigenvalue weighted by Gasteiger charge is 2.23. The zero-order valence-electron chi connectivity index (χ0n) is 15.5. The van der Waals surface area contributed by atoms with E-state index in [0.717, 1.165) is 11.3 Å². The van der Waals surface area contributed by atoms with Crippen molar-refractivity contribution in [2.75, 3.05) is 19.0 Å². The first kappa shape index (κ1) is 22.9. The molecule has 0 aliphatic rings. The van der Waals surface area contributed by atoms with Gasteiger partial charge in [0.25, 0.3) is 5.91 Å². The van der Waals surface area contributed by atoms with E-state index >= 15 is 0 Å². The minimum atomic E-state index is -0.610. The summed E-state index contributed by atoms with van der Waals surface area (Å²) in [6.45, 7) is 3.53. The monoisotopic (exact) mass is 471 g/mol. The number of benzene rings is 1. The fourth-order valence-electron chi connectivity index (χ4n) is 2.37. The molecule has 2 rings (SSSR count). The Hall–Kier alpha value is -2.38. The van der Waals surface area contributed by atoms with E-state index in [1.54, 1.807) is 13.8 Å². The molecular weight excluding hydrogens is 457 g/mol. The number of nitrogens with one attached hydrogen (secondary N) is 2. The van der Waals surface area contributed by atoms with Crippen LogP contribution in [-0.4, -0.2) is 30.7 Å². The number of amides is 1. The molecule has 0 aliphatic heterocycles. The quantitative estimate of drug-likeness (QED) is 0.487. The number of halogens is 2. The third-order valence-corrected chi connectivity index (χ3v) is 5.52. The molecule has 0 fully saturated rings. The molecule has 152 valence electrons. The van der Waals surface area contributed by atoms with Gasteiger partial charge < -0.3 is 14.8 Å². The van der Waals surface area contributed by atoms with Gasteiger partial charge in [0.1, 0.15) is 21.7 Å². The molecule has 0 aliphatic carbocycles. The van der Waals surface area contributed by atoms with Crippen molar-refractivity contribution in [1.29, 1.82) is 5.26 Å². The maximum atomic E-state index is 12.6. The Bertz CT molecular complexity index is 1030. The Morgan fingerprint density at radius 3 is 2.62 bits per heavy atom. The minimum absolute atomic E-state index is 0.0821. The summed E-state index contributed by atoms with van der Waals surface area (Å²) in [5, 5.41) is 15.3. The van der Waals surface area contributed by atoms with E-state index in [9.17, 15) is 14.9 Å². The van der Waals surface area contributed by atoms with E-state index in [1.165, 1.54) is 19.2 Å². The Morgan fingerprint density at radius 1 is 1.34 bits per heavy atom. The summed E-state index contributed by atoms with van der Waals surface area (Å²) in [6.07, 6.45) is 0. The molecule has 29 heavy (non-hydrogen) atoms. The first-order valence-corrected chi connectivity index (χ1v) is 10.1. The maximum absolute atomic E-state index is 12.6. The van der Waals surface area contributed by atoms with Crippen LogP contribution in [0.3, 0.4) is 0 Å². The van der Waals surface area contributed by atoms with E-state index in [0.29, 0.717) is 10.6 Å². The predicted octanol–water partition coefficient (Wildman–Crippen LogP) is 4.55. The van der Waals surface area contributed by atoms with Gasteiger partial charge in [0.15, 0.2) is 5.11 Å². The summed E-state index contributed by atoms with van der Waals surface area (Å²) >= 11 is 18.2. The van der Waals surface area contributed by atoms with Crippen LogP contribution < -0.4 is 15.4 Å². The minimum Gasteiger partial charge on any atom is -0.494 e. The van der Waals surface area contributed by atoms with Crippen LogP contribution in [0.15, 0.2) is 12.1 Å². The number of ether oxygens (including phenoxy) is 2. The van der Waals surface area contributed by atoms with Crippen molar-refractivity contribution in [2.24, 2.45) is 0 Å². The smallest absolute Gasteiger partial charge is 0.348 e. The van der Waals surface area contributed by atoms with E-state index in [1.807, 2.05) is 6.07 Å². The average molecular weight is 472 g/mol. The normalized spacial score (nSPS) is 10.1. The van der Waals surface area contributed by atoms with Crippen LogP contribution in [0, 0.1) is 18.3 Å². The van der Waals surface area contributed by atoms with Crippen LogP contribution in [0.4, 0.5) is 5.00 Å². The van der Waals surface area contributed by atoms with Crippen LogP contribution in [0.5, 0.6) is 5.75 Å². The third-order valence-electron chi connectivity index (χ3n) is 3.63. The number of methoxy groups -OCH3 is 1.